The minimum absolute atomic E-state index is 0.115. The van der Waals surface area contributed by atoms with Crippen molar-refractivity contribution in [3.05, 3.63) is 57.9 Å². The number of imide groups is 1. The Morgan fingerprint density at radius 3 is 2.25 bits per heavy atom. The number of ether oxygens (including phenoxy) is 3. The number of hydrogen-bond acceptors (Lipinski definition) is 12. The van der Waals surface area contributed by atoms with Crippen LogP contribution in [0.15, 0.2) is 50.1 Å². The fraction of sp³-hybridized carbons (Fsp3) is 0.500. The molecule has 1 atom stereocenters. The number of aromatic nitrogens is 1. The highest BCUT2D eigenvalue weighted by Gasteiger charge is 2.61. The molecule has 0 fully saturated rings. The first-order valence-electron chi connectivity index (χ1n) is 16.5. The van der Waals surface area contributed by atoms with Crippen molar-refractivity contribution >= 4 is 41.4 Å². The Kier molecular flexibility index (Phi) is 10.2. The molecule has 1 aromatic carbocycles. The van der Waals surface area contributed by atoms with Crippen LogP contribution in [-0.4, -0.2) is 86.8 Å². The third kappa shape index (κ3) is 6.52. The van der Waals surface area contributed by atoms with E-state index in [1.54, 1.807) is 27.5 Å². The Labute approximate surface area is 302 Å². The van der Waals surface area contributed by atoms with E-state index in [0.717, 1.165) is 22.3 Å². The molecule has 14 nitrogen and oxygen atoms in total. The predicted molar refractivity (Wildman–Crippen MR) is 197 cm³/mol. The first kappa shape index (κ1) is 37.6. The van der Waals surface area contributed by atoms with Gasteiger partial charge in [-0.1, -0.05) is 47.6 Å². The Morgan fingerprint density at radius 2 is 1.69 bits per heavy atom. The Bertz CT molecular complexity index is 1850. The number of amidine groups is 1. The lowest BCUT2D eigenvalue weighted by atomic mass is 9.60. The number of benzene rings is 1. The SMILES string of the molecule is COc1ccc(CNC2CC3=NN(Cc4ncc(C)c(OC)c4C)N=C4C(N(C(=O)O)C(=O)O)=NSC(C(C)(C)C)(C(C)(C)C)C2=C34)c(OC)c1. The van der Waals surface area contributed by atoms with Gasteiger partial charge >= 0.3 is 12.2 Å². The number of hydrazone groups is 2. The second kappa shape index (κ2) is 13.8. The smallest absolute Gasteiger partial charge is 0.422 e. The van der Waals surface area contributed by atoms with Crippen molar-refractivity contribution in [3.63, 3.8) is 0 Å². The fourth-order valence-electron chi connectivity index (χ4n) is 7.65. The van der Waals surface area contributed by atoms with Crippen LogP contribution in [0.3, 0.4) is 0 Å². The van der Waals surface area contributed by atoms with Crippen molar-refractivity contribution in [2.24, 2.45) is 25.4 Å². The van der Waals surface area contributed by atoms with Crippen LogP contribution in [0.1, 0.15) is 70.3 Å². The quantitative estimate of drug-likeness (QED) is 0.249. The van der Waals surface area contributed by atoms with Crippen LogP contribution in [0.5, 0.6) is 17.2 Å². The molecular formula is C36H47N7O7S. The number of hydrogen-bond donors (Lipinski definition) is 3. The zero-order valence-corrected chi connectivity index (χ0v) is 31.9. The molecule has 15 heteroatoms. The summed E-state index contributed by atoms with van der Waals surface area (Å²) < 4.78 is 20.7. The summed E-state index contributed by atoms with van der Waals surface area (Å²) in [7, 11) is 4.81. The minimum atomic E-state index is -1.69. The van der Waals surface area contributed by atoms with Gasteiger partial charge in [0.1, 0.15) is 29.5 Å². The van der Waals surface area contributed by atoms with Gasteiger partial charge < -0.3 is 29.7 Å². The molecule has 3 heterocycles. The van der Waals surface area contributed by atoms with Crippen molar-refractivity contribution < 1.29 is 34.0 Å². The number of rotatable bonds is 8. The molecule has 0 spiro atoms. The molecular weight excluding hydrogens is 675 g/mol. The van der Waals surface area contributed by atoms with Gasteiger partial charge in [-0.25, -0.2) is 9.59 Å². The number of nitrogens with zero attached hydrogens (tertiary/aromatic N) is 6. The topological polar surface area (TPSA) is 171 Å². The molecule has 0 saturated carbocycles. The summed E-state index contributed by atoms with van der Waals surface area (Å²) in [5.41, 5.74) is 4.54. The van der Waals surface area contributed by atoms with Gasteiger partial charge in [-0.05, 0) is 48.3 Å². The largest absolute Gasteiger partial charge is 0.497 e. The first-order chi connectivity index (χ1) is 23.9. The second-order valence-corrected chi connectivity index (χ2v) is 15.7. The summed E-state index contributed by atoms with van der Waals surface area (Å²) in [6, 6.07) is 5.34. The van der Waals surface area contributed by atoms with Gasteiger partial charge in [0, 0.05) is 53.5 Å². The maximum Gasteiger partial charge on any atom is 0.422 e. The molecule has 2 aromatic rings. The Hall–Kier alpha value is -4.63. The molecule has 2 aliphatic heterocycles. The van der Waals surface area contributed by atoms with Crippen molar-refractivity contribution in [3.8, 4) is 17.2 Å². The lowest BCUT2D eigenvalue weighted by Crippen LogP contribution is -2.55. The van der Waals surface area contributed by atoms with E-state index in [1.165, 1.54) is 17.1 Å². The number of carbonyl (C=O) groups is 2. The van der Waals surface area contributed by atoms with E-state index in [1.807, 2.05) is 32.0 Å². The molecule has 0 radical (unpaired) electrons. The van der Waals surface area contributed by atoms with Crippen molar-refractivity contribution in [1.82, 2.24) is 20.3 Å². The third-order valence-electron chi connectivity index (χ3n) is 9.63. The van der Waals surface area contributed by atoms with E-state index in [0.29, 0.717) is 47.2 Å². The van der Waals surface area contributed by atoms with E-state index in [-0.39, 0.29) is 29.0 Å². The molecule has 0 bridgehead atoms. The third-order valence-corrected chi connectivity index (χ3v) is 11.6. The average molecular weight is 722 g/mol. The van der Waals surface area contributed by atoms with Crippen molar-refractivity contribution in [1.29, 1.82) is 0 Å². The minimum Gasteiger partial charge on any atom is -0.497 e. The van der Waals surface area contributed by atoms with Gasteiger partial charge in [0.15, 0.2) is 5.84 Å². The van der Waals surface area contributed by atoms with Crippen LogP contribution in [0, 0.1) is 24.7 Å². The average Bonchev–Trinajstić information content (AvgIpc) is 3.32. The van der Waals surface area contributed by atoms with Gasteiger partial charge in [-0.2, -0.15) is 24.6 Å². The van der Waals surface area contributed by atoms with Crippen molar-refractivity contribution in [2.75, 3.05) is 21.3 Å². The zero-order chi connectivity index (χ0) is 37.6. The normalized spacial score (nSPS) is 18.3. The zero-order valence-electron chi connectivity index (χ0n) is 31.0. The summed E-state index contributed by atoms with van der Waals surface area (Å²) in [5, 5.41) is 35.5. The van der Waals surface area contributed by atoms with Gasteiger partial charge in [-0.3, -0.25) is 4.98 Å². The lowest BCUT2D eigenvalue weighted by molar-refractivity contribution is 0.145. The van der Waals surface area contributed by atoms with E-state index >= 15 is 0 Å². The molecule has 3 aliphatic rings. The van der Waals surface area contributed by atoms with E-state index in [9.17, 15) is 19.8 Å². The van der Waals surface area contributed by atoms with Gasteiger partial charge in [0.25, 0.3) is 0 Å². The fourth-order valence-corrected chi connectivity index (χ4v) is 8.93. The van der Waals surface area contributed by atoms with Crippen LogP contribution in [0.4, 0.5) is 9.59 Å². The molecule has 51 heavy (non-hydrogen) atoms. The van der Waals surface area contributed by atoms with Crippen LogP contribution >= 0.6 is 11.9 Å². The van der Waals surface area contributed by atoms with Crippen molar-refractivity contribution in [2.45, 2.75) is 85.7 Å². The molecule has 1 aromatic heterocycles. The molecule has 0 saturated heterocycles. The Balaban J connectivity index is 1.75. The molecule has 5 rings (SSSR count). The van der Waals surface area contributed by atoms with Gasteiger partial charge in [0.05, 0.1) is 37.5 Å². The highest BCUT2D eigenvalue weighted by molar-refractivity contribution is 8.00. The van der Waals surface area contributed by atoms with E-state index in [2.05, 4.69) is 51.8 Å². The molecule has 2 amide bonds. The molecule has 3 N–H and O–H groups in total. The molecule has 274 valence electrons. The number of methoxy groups -OCH3 is 3. The number of carboxylic acid groups (broad SMARTS) is 2. The molecule has 1 unspecified atom stereocenters. The van der Waals surface area contributed by atoms with Crippen LogP contribution < -0.4 is 19.5 Å². The highest BCUT2D eigenvalue weighted by Crippen LogP contribution is 2.62. The predicted octanol–water partition coefficient (Wildman–Crippen LogP) is 6.66. The second-order valence-electron chi connectivity index (χ2n) is 14.8. The summed E-state index contributed by atoms with van der Waals surface area (Å²) >= 11 is 1.19. The van der Waals surface area contributed by atoms with Crippen LogP contribution in [0.2, 0.25) is 0 Å². The standard InChI is InChI=1S/C36H47N7O7S/c1-19-16-37-25(20(2)30(19)50-11)18-42-39-23-15-24(38-17-21-12-13-22(48-9)14-26(21)49-10)28-27(23)29(40-42)31(43(32(44)45)33(46)47)41-51-36(28,34(3,4)5)35(6,7)8/h12-14,16,24,38H,15,17-18H2,1-11H3,(H,44,45)(H,46,47). The monoisotopic (exact) mass is 721 g/mol. The number of nitrogens with one attached hydrogen (secondary N) is 1. The Morgan fingerprint density at radius 1 is 1.02 bits per heavy atom. The first-order valence-corrected chi connectivity index (χ1v) is 17.3. The molecule has 1 aliphatic carbocycles. The maximum atomic E-state index is 12.6. The summed E-state index contributed by atoms with van der Waals surface area (Å²) in [5.74, 6) is 1.72. The summed E-state index contributed by atoms with van der Waals surface area (Å²) in [4.78, 5) is 30.1. The van der Waals surface area contributed by atoms with E-state index in [4.69, 9.17) is 28.8 Å². The van der Waals surface area contributed by atoms with Crippen LogP contribution in [0.25, 0.3) is 0 Å². The number of amides is 2. The maximum absolute atomic E-state index is 12.6. The van der Waals surface area contributed by atoms with Gasteiger partial charge in [-0.15, -0.1) is 0 Å². The van der Waals surface area contributed by atoms with E-state index < -0.39 is 27.8 Å². The van der Waals surface area contributed by atoms with Gasteiger partial charge in [0.2, 0.25) is 0 Å². The summed E-state index contributed by atoms with van der Waals surface area (Å²) in [6.45, 7) is 17.1. The number of pyridine rings is 1. The number of aryl methyl sites for hydroxylation is 1. The lowest BCUT2D eigenvalue weighted by Gasteiger charge is -2.54. The van der Waals surface area contributed by atoms with Crippen LogP contribution in [-0.2, 0) is 13.1 Å². The highest BCUT2D eigenvalue weighted by atomic mass is 32.2. The summed E-state index contributed by atoms with van der Waals surface area (Å²) in [6.07, 6.45) is -1.25.